The van der Waals surface area contributed by atoms with Crippen molar-refractivity contribution in [2.45, 2.75) is 25.8 Å². The molecule has 1 aliphatic rings. The number of carbonyl (C=O) groups is 2. The maximum Gasteiger partial charge on any atom is 0.276 e. The number of carbonyl (C=O) groups excluding carboxylic acids is 2. The van der Waals surface area contributed by atoms with Crippen LogP contribution in [0.2, 0.25) is 0 Å². The third-order valence-electron chi connectivity index (χ3n) is 3.27. The normalized spacial score (nSPS) is 13.3. The van der Waals surface area contributed by atoms with E-state index in [4.69, 9.17) is 0 Å². The zero-order chi connectivity index (χ0) is 16.2. The molecule has 3 rings (SSSR count). The van der Waals surface area contributed by atoms with E-state index >= 15 is 0 Å². The van der Waals surface area contributed by atoms with Crippen molar-refractivity contribution in [2.75, 3.05) is 16.0 Å². The maximum atomic E-state index is 12.2. The van der Waals surface area contributed by atoms with E-state index in [0.717, 1.165) is 12.8 Å². The fraction of sp³-hybridized carbons (Fsp3) is 0.250. The smallest absolute Gasteiger partial charge is 0.276 e. The van der Waals surface area contributed by atoms with E-state index in [9.17, 15) is 9.59 Å². The highest BCUT2D eigenvalue weighted by Gasteiger charge is 2.21. The predicted octanol–water partition coefficient (Wildman–Crippen LogP) is 2.26. The number of nitrogens with zero attached hydrogens (tertiary/aromatic N) is 2. The number of hydrogen-bond acceptors (Lipinski definition) is 5. The third-order valence-corrected chi connectivity index (χ3v) is 3.27. The van der Waals surface area contributed by atoms with E-state index in [0.29, 0.717) is 23.2 Å². The topological polar surface area (TPSA) is 96.0 Å². The molecular formula is C16H17N5O2. The van der Waals surface area contributed by atoms with Crippen LogP contribution in [0, 0.1) is 0 Å². The zero-order valence-electron chi connectivity index (χ0n) is 12.7. The van der Waals surface area contributed by atoms with Crippen molar-refractivity contribution < 1.29 is 9.59 Å². The van der Waals surface area contributed by atoms with Crippen molar-refractivity contribution in [2.24, 2.45) is 0 Å². The third kappa shape index (κ3) is 4.26. The van der Waals surface area contributed by atoms with Gasteiger partial charge in [-0.15, -0.1) is 10.2 Å². The van der Waals surface area contributed by atoms with Gasteiger partial charge in [0.05, 0.1) is 0 Å². The highest BCUT2D eigenvalue weighted by Crippen LogP contribution is 2.23. The first-order chi connectivity index (χ1) is 11.1. The number of amides is 2. The molecule has 0 unspecified atom stereocenters. The van der Waals surface area contributed by atoms with Crippen LogP contribution >= 0.6 is 0 Å². The number of aromatic nitrogens is 2. The van der Waals surface area contributed by atoms with Crippen LogP contribution in [0.5, 0.6) is 0 Å². The lowest BCUT2D eigenvalue weighted by Crippen LogP contribution is -2.15. The minimum absolute atomic E-state index is 0.168. The molecule has 118 valence electrons. The Balaban J connectivity index is 1.64. The summed E-state index contributed by atoms with van der Waals surface area (Å²) in [5.41, 5.74) is 1.42. The van der Waals surface area contributed by atoms with Crippen LogP contribution in [0.25, 0.3) is 0 Å². The van der Waals surface area contributed by atoms with Crippen LogP contribution in [-0.4, -0.2) is 28.1 Å². The second-order valence-electron chi connectivity index (χ2n) is 5.44. The Kier molecular flexibility index (Phi) is 4.18. The van der Waals surface area contributed by atoms with Gasteiger partial charge in [0, 0.05) is 24.3 Å². The Morgan fingerprint density at radius 3 is 2.39 bits per heavy atom. The van der Waals surface area contributed by atoms with E-state index in [2.05, 4.69) is 26.1 Å². The van der Waals surface area contributed by atoms with Gasteiger partial charge in [-0.1, -0.05) is 6.07 Å². The van der Waals surface area contributed by atoms with Gasteiger partial charge in [-0.3, -0.25) is 9.59 Å². The van der Waals surface area contributed by atoms with Crippen molar-refractivity contribution in [3.8, 4) is 0 Å². The molecule has 1 heterocycles. The van der Waals surface area contributed by atoms with Crippen molar-refractivity contribution in [3.05, 3.63) is 42.1 Å². The molecule has 1 aromatic heterocycles. The molecule has 0 bridgehead atoms. The molecule has 2 amide bonds. The van der Waals surface area contributed by atoms with Gasteiger partial charge >= 0.3 is 0 Å². The average molecular weight is 311 g/mol. The van der Waals surface area contributed by atoms with Crippen LogP contribution in [0.3, 0.4) is 0 Å². The molecule has 0 radical (unpaired) electrons. The van der Waals surface area contributed by atoms with Crippen LogP contribution in [0.1, 0.15) is 30.3 Å². The molecule has 7 nitrogen and oxygen atoms in total. The zero-order valence-corrected chi connectivity index (χ0v) is 12.7. The van der Waals surface area contributed by atoms with Crippen LogP contribution in [0.4, 0.5) is 17.2 Å². The van der Waals surface area contributed by atoms with Crippen molar-refractivity contribution >= 4 is 29.0 Å². The standard InChI is InChI=1S/C16H17N5O2/c1-10(22)17-12-3-2-4-13(9-12)19-16(23)14-7-8-15(21-20-14)18-11-5-6-11/h2-4,7-9,11H,5-6H2,1H3,(H,17,22)(H,18,21)(H,19,23). The van der Waals surface area contributed by atoms with E-state index in [1.54, 1.807) is 36.4 Å². The average Bonchev–Trinajstić information content (AvgIpc) is 3.31. The number of rotatable bonds is 5. The first kappa shape index (κ1) is 15.0. The predicted molar refractivity (Wildman–Crippen MR) is 87.4 cm³/mol. The highest BCUT2D eigenvalue weighted by molar-refractivity contribution is 6.03. The summed E-state index contributed by atoms with van der Waals surface area (Å²) in [4.78, 5) is 23.2. The maximum absolute atomic E-state index is 12.2. The van der Waals surface area contributed by atoms with Gasteiger partial charge < -0.3 is 16.0 Å². The molecule has 0 spiro atoms. The molecule has 23 heavy (non-hydrogen) atoms. The first-order valence-corrected chi connectivity index (χ1v) is 7.39. The molecule has 1 aliphatic carbocycles. The van der Waals surface area contributed by atoms with Gasteiger partial charge in [-0.05, 0) is 43.2 Å². The molecule has 1 fully saturated rings. The van der Waals surface area contributed by atoms with Crippen molar-refractivity contribution in [3.63, 3.8) is 0 Å². The number of nitrogens with one attached hydrogen (secondary N) is 3. The van der Waals surface area contributed by atoms with Crippen LogP contribution < -0.4 is 16.0 Å². The Labute approximate surface area is 133 Å². The van der Waals surface area contributed by atoms with Gasteiger partial charge in [0.2, 0.25) is 5.91 Å². The van der Waals surface area contributed by atoms with Crippen molar-refractivity contribution in [1.82, 2.24) is 10.2 Å². The van der Waals surface area contributed by atoms with Gasteiger partial charge in [-0.25, -0.2) is 0 Å². The summed E-state index contributed by atoms with van der Waals surface area (Å²) in [6.07, 6.45) is 2.29. The fourth-order valence-electron chi connectivity index (χ4n) is 2.04. The summed E-state index contributed by atoms with van der Waals surface area (Å²) < 4.78 is 0. The Bertz CT molecular complexity index is 726. The molecule has 2 aromatic rings. The van der Waals surface area contributed by atoms with Crippen LogP contribution in [0.15, 0.2) is 36.4 Å². The van der Waals surface area contributed by atoms with E-state index in [1.807, 2.05) is 0 Å². The minimum Gasteiger partial charge on any atom is -0.366 e. The largest absolute Gasteiger partial charge is 0.366 e. The minimum atomic E-state index is -0.351. The molecule has 3 N–H and O–H groups in total. The molecule has 1 saturated carbocycles. The summed E-state index contributed by atoms with van der Waals surface area (Å²) in [6, 6.07) is 10.8. The Morgan fingerprint density at radius 2 is 1.78 bits per heavy atom. The number of hydrogen-bond donors (Lipinski definition) is 3. The van der Waals surface area contributed by atoms with Crippen LogP contribution in [-0.2, 0) is 4.79 Å². The van der Waals surface area contributed by atoms with Crippen molar-refractivity contribution in [1.29, 1.82) is 0 Å². The molecule has 1 aromatic carbocycles. The number of anilines is 3. The van der Waals surface area contributed by atoms with Gasteiger partial charge in [0.15, 0.2) is 5.69 Å². The summed E-state index contributed by atoms with van der Waals surface area (Å²) in [6.45, 7) is 1.43. The highest BCUT2D eigenvalue weighted by atomic mass is 16.2. The lowest BCUT2D eigenvalue weighted by molar-refractivity contribution is -0.114. The molecule has 0 atom stereocenters. The summed E-state index contributed by atoms with van der Waals surface area (Å²) in [5, 5.41) is 16.5. The van der Waals surface area contributed by atoms with E-state index in [-0.39, 0.29) is 17.5 Å². The van der Waals surface area contributed by atoms with E-state index < -0.39 is 0 Å². The second kappa shape index (κ2) is 6.43. The van der Waals surface area contributed by atoms with Gasteiger partial charge in [-0.2, -0.15) is 0 Å². The molecule has 7 heteroatoms. The molecule has 0 aliphatic heterocycles. The van der Waals surface area contributed by atoms with Gasteiger partial charge in [0.25, 0.3) is 5.91 Å². The summed E-state index contributed by atoms with van der Waals surface area (Å²) in [7, 11) is 0. The molecular weight excluding hydrogens is 294 g/mol. The summed E-state index contributed by atoms with van der Waals surface area (Å²) in [5.74, 6) is 0.158. The fourth-order valence-corrected chi connectivity index (χ4v) is 2.04. The summed E-state index contributed by atoms with van der Waals surface area (Å²) >= 11 is 0. The first-order valence-electron chi connectivity index (χ1n) is 7.39. The Hall–Kier alpha value is -2.96. The van der Waals surface area contributed by atoms with E-state index in [1.165, 1.54) is 6.92 Å². The second-order valence-corrected chi connectivity index (χ2v) is 5.44. The lowest BCUT2D eigenvalue weighted by Gasteiger charge is -2.08. The quantitative estimate of drug-likeness (QED) is 0.787. The SMILES string of the molecule is CC(=O)Nc1cccc(NC(=O)c2ccc(NC3CC3)nn2)c1. The Morgan fingerprint density at radius 1 is 1.04 bits per heavy atom. The number of benzene rings is 1. The lowest BCUT2D eigenvalue weighted by atomic mass is 10.2. The van der Waals surface area contributed by atoms with Gasteiger partial charge in [0.1, 0.15) is 5.82 Å². The molecule has 0 saturated heterocycles. The monoisotopic (exact) mass is 311 g/mol.